The van der Waals surface area contributed by atoms with Crippen molar-refractivity contribution in [2.45, 2.75) is 24.5 Å². The molecule has 0 heterocycles. The van der Waals surface area contributed by atoms with Gasteiger partial charge in [0.15, 0.2) is 0 Å². The van der Waals surface area contributed by atoms with Gasteiger partial charge in [-0.15, -0.1) is 0 Å². The molecule has 0 aromatic heterocycles. The molecule has 1 rings (SSSR count). The molecule has 84 valence electrons. The van der Waals surface area contributed by atoms with Gasteiger partial charge in [-0.1, -0.05) is 5.11 Å². The molecule has 0 spiro atoms. The number of nitrogens with one attached hydrogen (secondary N) is 1. The summed E-state index contributed by atoms with van der Waals surface area (Å²) in [4.78, 5) is 13.6. The number of hydrogen-bond acceptors (Lipinski definition) is 4. The fraction of sp³-hybridized carbons (Fsp3) is 0.875. The lowest BCUT2D eigenvalue weighted by atomic mass is 9.74. The van der Waals surface area contributed by atoms with Crippen molar-refractivity contribution >= 4 is 5.97 Å². The zero-order valence-corrected chi connectivity index (χ0v) is 8.51. The van der Waals surface area contributed by atoms with Crippen molar-refractivity contribution in [3.63, 3.8) is 0 Å². The lowest BCUT2D eigenvalue weighted by Gasteiger charge is -2.44. The lowest BCUT2D eigenvalue weighted by Crippen LogP contribution is -2.63. The Hall–Kier alpha value is -1.30. The van der Waals surface area contributed by atoms with Crippen molar-refractivity contribution in [2.24, 2.45) is 5.11 Å². The van der Waals surface area contributed by atoms with Crippen LogP contribution in [0.2, 0.25) is 0 Å². The second kappa shape index (κ2) is 4.97. The first kappa shape index (κ1) is 11.8. The highest BCUT2D eigenvalue weighted by Gasteiger charge is 2.50. The zero-order chi connectivity index (χ0) is 11.3. The Labute approximate surface area is 87.0 Å². The molecule has 0 aliphatic heterocycles. The number of methoxy groups -OCH3 is 1. The monoisotopic (exact) mass is 214 g/mol. The van der Waals surface area contributed by atoms with Crippen LogP contribution in [0.4, 0.5) is 0 Å². The van der Waals surface area contributed by atoms with E-state index < -0.39 is 11.5 Å². The standard InChI is InChI=1S/C8H14N4O3/c1-15-6-4-8(5-6,7(13)14)10-2-3-11-12-9/h6,10H,2-5H2,1H3,(H,13,14). The van der Waals surface area contributed by atoms with Crippen molar-refractivity contribution < 1.29 is 14.6 Å². The van der Waals surface area contributed by atoms with Crippen molar-refractivity contribution in [1.29, 1.82) is 0 Å². The van der Waals surface area contributed by atoms with Crippen molar-refractivity contribution in [3.8, 4) is 0 Å². The molecule has 0 amide bonds. The number of carboxylic acids is 1. The van der Waals surface area contributed by atoms with Crippen LogP contribution in [-0.2, 0) is 9.53 Å². The number of carboxylic acid groups (broad SMARTS) is 1. The number of hydrogen-bond donors (Lipinski definition) is 2. The normalized spacial score (nSPS) is 29.0. The SMILES string of the molecule is COC1CC(NCCN=[N+]=[N-])(C(=O)O)C1. The second-order valence-corrected chi connectivity index (χ2v) is 3.53. The maximum atomic E-state index is 11.0. The summed E-state index contributed by atoms with van der Waals surface area (Å²) in [5.41, 5.74) is 7.15. The minimum atomic E-state index is -0.897. The van der Waals surface area contributed by atoms with Crippen LogP contribution in [0.15, 0.2) is 5.11 Å². The van der Waals surface area contributed by atoms with E-state index in [-0.39, 0.29) is 12.6 Å². The summed E-state index contributed by atoms with van der Waals surface area (Å²) in [5.74, 6) is -0.878. The molecule has 1 saturated carbocycles. The molecule has 1 aliphatic rings. The van der Waals surface area contributed by atoms with Gasteiger partial charge in [0.05, 0.1) is 6.10 Å². The Morgan fingerprint density at radius 2 is 2.47 bits per heavy atom. The summed E-state index contributed by atoms with van der Waals surface area (Å²) in [6.45, 7) is 0.621. The molecule has 0 aromatic carbocycles. The van der Waals surface area contributed by atoms with E-state index in [1.54, 1.807) is 7.11 Å². The van der Waals surface area contributed by atoms with E-state index in [0.717, 1.165) is 0 Å². The first-order valence-corrected chi connectivity index (χ1v) is 4.67. The van der Waals surface area contributed by atoms with E-state index in [2.05, 4.69) is 15.3 Å². The molecule has 0 saturated heterocycles. The zero-order valence-electron chi connectivity index (χ0n) is 8.51. The Balaban J connectivity index is 2.40. The molecule has 1 fully saturated rings. The van der Waals surface area contributed by atoms with Gasteiger partial charge in [-0.05, 0) is 5.53 Å². The highest BCUT2D eigenvalue weighted by atomic mass is 16.5. The van der Waals surface area contributed by atoms with Gasteiger partial charge in [-0.25, -0.2) is 0 Å². The molecular weight excluding hydrogens is 200 g/mol. The quantitative estimate of drug-likeness (QED) is 0.291. The number of azide groups is 1. The molecule has 0 atom stereocenters. The number of ether oxygens (including phenoxy) is 1. The van der Waals surface area contributed by atoms with Gasteiger partial charge in [0.2, 0.25) is 0 Å². The second-order valence-electron chi connectivity index (χ2n) is 3.53. The van der Waals surface area contributed by atoms with Crippen LogP contribution in [0.25, 0.3) is 10.4 Å². The molecule has 15 heavy (non-hydrogen) atoms. The Kier molecular flexibility index (Phi) is 3.90. The third-order valence-electron chi connectivity index (χ3n) is 2.63. The highest BCUT2D eigenvalue weighted by molar-refractivity contribution is 5.80. The molecule has 2 N–H and O–H groups in total. The molecule has 7 nitrogen and oxygen atoms in total. The van der Waals surface area contributed by atoms with E-state index in [4.69, 9.17) is 15.4 Å². The molecule has 0 unspecified atom stereocenters. The van der Waals surface area contributed by atoms with Gasteiger partial charge < -0.3 is 15.2 Å². The highest BCUT2D eigenvalue weighted by Crippen LogP contribution is 2.34. The van der Waals surface area contributed by atoms with Crippen molar-refractivity contribution in [3.05, 3.63) is 10.4 Å². The fourth-order valence-corrected chi connectivity index (χ4v) is 1.67. The number of rotatable bonds is 6. The average molecular weight is 214 g/mol. The predicted molar refractivity (Wildman–Crippen MR) is 52.4 cm³/mol. The maximum absolute atomic E-state index is 11.0. The van der Waals surface area contributed by atoms with Gasteiger partial charge in [-0.3, -0.25) is 4.79 Å². The van der Waals surface area contributed by atoms with Gasteiger partial charge in [0, 0.05) is 38.0 Å². The van der Waals surface area contributed by atoms with Crippen LogP contribution in [0.5, 0.6) is 0 Å². The minimum Gasteiger partial charge on any atom is -0.480 e. The maximum Gasteiger partial charge on any atom is 0.324 e. The molecule has 1 aliphatic carbocycles. The molecule has 0 radical (unpaired) electrons. The van der Waals surface area contributed by atoms with Gasteiger partial charge >= 0.3 is 5.97 Å². The van der Waals surface area contributed by atoms with E-state index in [9.17, 15) is 4.79 Å². The molecular formula is C8H14N4O3. The van der Waals surface area contributed by atoms with E-state index >= 15 is 0 Å². The summed E-state index contributed by atoms with van der Waals surface area (Å²) in [5, 5.41) is 15.2. The van der Waals surface area contributed by atoms with Crippen LogP contribution in [-0.4, -0.2) is 42.9 Å². The predicted octanol–water partition coefficient (Wildman–Crippen LogP) is 0.518. The van der Waals surface area contributed by atoms with Gasteiger partial charge in [0.25, 0.3) is 0 Å². The Morgan fingerprint density at radius 3 is 2.93 bits per heavy atom. The van der Waals surface area contributed by atoms with Gasteiger partial charge in [0.1, 0.15) is 5.54 Å². The Bertz CT molecular complexity index is 282. The number of carbonyl (C=O) groups is 1. The average Bonchev–Trinajstić information content (AvgIpc) is 2.15. The number of nitrogens with zero attached hydrogens (tertiary/aromatic N) is 3. The lowest BCUT2D eigenvalue weighted by molar-refractivity contribution is -0.156. The van der Waals surface area contributed by atoms with Crippen LogP contribution in [0.1, 0.15) is 12.8 Å². The number of aliphatic carboxylic acids is 1. The third-order valence-corrected chi connectivity index (χ3v) is 2.63. The van der Waals surface area contributed by atoms with Crippen LogP contribution in [0, 0.1) is 0 Å². The van der Waals surface area contributed by atoms with E-state index in [1.807, 2.05) is 0 Å². The van der Waals surface area contributed by atoms with E-state index in [1.165, 1.54) is 0 Å². The van der Waals surface area contributed by atoms with Crippen molar-refractivity contribution in [2.75, 3.05) is 20.2 Å². The summed E-state index contributed by atoms with van der Waals surface area (Å²) >= 11 is 0. The van der Waals surface area contributed by atoms with Crippen LogP contribution >= 0.6 is 0 Å². The minimum absolute atomic E-state index is 0.00747. The molecule has 0 bridgehead atoms. The largest absolute Gasteiger partial charge is 0.480 e. The molecule has 0 aromatic rings. The first-order valence-electron chi connectivity index (χ1n) is 4.67. The Morgan fingerprint density at radius 1 is 1.80 bits per heavy atom. The fourth-order valence-electron chi connectivity index (χ4n) is 1.67. The van der Waals surface area contributed by atoms with E-state index in [0.29, 0.717) is 19.4 Å². The first-order chi connectivity index (χ1) is 7.14. The van der Waals surface area contributed by atoms with Crippen LogP contribution in [0.3, 0.4) is 0 Å². The third kappa shape index (κ3) is 2.59. The summed E-state index contributed by atoms with van der Waals surface area (Å²) in [7, 11) is 1.57. The summed E-state index contributed by atoms with van der Waals surface area (Å²) < 4.78 is 5.03. The smallest absolute Gasteiger partial charge is 0.324 e. The molecule has 7 heteroatoms. The van der Waals surface area contributed by atoms with Crippen molar-refractivity contribution in [1.82, 2.24) is 5.32 Å². The van der Waals surface area contributed by atoms with Crippen LogP contribution < -0.4 is 5.32 Å². The topological polar surface area (TPSA) is 107 Å². The van der Waals surface area contributed by atoms with Gasteiger partial charge in [-0.2, -0.15) is 0 Å². The summed E-state index contributed by atoms with van der Waals surface area (Å²) in [6.07, 6.45) is 0.914. The summed E-state index contributed by atoms with van der Waals surface area (Å²) in [6, 6.07) is 0.